The molecule has 0 radical (unpaired) electrons. The first-order valence-corrected chi connectivity index (χ1v) is 7.16. The number of amides is 1. The molecule has 0 bridgehead atoms. The van der Waals surface area contributed by atoms with Gasteiger partial charge in [-0.15, -0.1) is 0 Å². The summed E-state index contributed by atoms with van der Waals surface area (Å²) in [5.41, 5.74) is 0.395. The fraction of sp³-hybridized carbons (Fsp3) is 0.294. The summed E-state index contributed by atoms with van der Waals surface area (Å²) in [6.45, 7) is 0.448. The maximum atomic E-state index is 12.2. The largest absolute Gasteiger partial charge is 0.496 e. The van der Waals surface area contributed by atoms with Gasteiger partial charge in [-0.05, 0) is 17.5 Å². The van der Waals surface area contributed by atoms with Gasteiger partial charge in [0.1, 0.15) is 5.75 Å². The zero-order chi connectivity index (χ0) is 16.7. The van der Waals surface area contributed by atoms with Gasteiger partial charge >= 0.3 is 5.97 Å². The number of carbonyl (C=O) groups is 2. The quantitative estimate of drug-likeness (QED) is 0.622. The van der Waals surface area contributed by atoms with Gasteiger partial charge in [0.15, 0.2) is 6.61 Å². The molecule has 1 N–H and O–H groups in total. The lowest BCUT2D eigenvalue weighted by atomic mass is 10.0. The van der Waals surface area contributed by atoms with Crippen molar-refractivity contribution in [1.82, 2.24) is 5.32 Å². The predicted octanol–water partition coefficient (Wildman–Crippen LogP) is 1.77. The maximum Gasteiger partial charge on any atom is 0.339 e. The van der Waals surface area contributed by atoms with Gasteiger partial charge in [-0.25, -0.2) is 4.79 Å². The van der Waals surface area contributed by atoms with Crippen LogP contribution in [0.3, 0.4) is 0 Å². The molecule has 2 rings (SSSR count). The molecule has 1 amide bonds. The first-order valence-electron chi connectivity index (χ1n) is 7.16. The number of nitrogens with one attached hydrogen (secondary N) is 1. The van der Waals surface area contributed by atoms with Gasteiger partial charge in [-0.1, -0.05) is 24.3 Å². The molecule has 2 aromatic carbocycles. The van der Waals surface area contributed by atoms with E-state index in [1.54, 1.807) is 26.4 Å². The van der Waals surface area contributed by atoms with Crippen LogP contribution in [0.25, 0.3) is 10.8 Å². The second kappa shape index (κ2) is 8.14. The van der Waals surface area contributed by atoms with Crippen LogP contribution in [0.5, 0.6) is 5.75 Å². The number of carbonyl (C=O) groups excluding carboxylic acids is 2. The summed E-state index contributed by atoms with van der Waals surface area (Å²) in [6, 6.07) is 10.7. The van der Waals surface area contributed by atoms with E-state index in [0.29, 0.717) is 24.5 Å². The molecule has 6 heteroatoms. The zero-order valence-electron chi connectivity index (χ0n) is 13.1. The third-order valence-corrected chi connectivity index (χ3v) is 3.29. The second-order valence-corrected chi connectivity index (χ2v) is 4.78. The van der Waals surface area contributed by atoms with Crippen molar-refractivity contribution in [3.63, 3.8) is 0 Å². The van der Waals surface area contributed by atoms with Crippen LogP contribution in [-0.2, 0) is 14.3 Å². The number of hydrogen-bond donors (Lipinski definition) is 1. The summed E-state index contributed by atoms with van der Waals surface area (Å²) in [5.74, 6) is -0.242. The van der Waals surface area contributed by atoms with Crippen molar-refractivity contribution in [2.75, 3.05) is 34.0 Å². The number of hydrogen-bond acceptors (Lipinski definition) is 5. The molecule has 0 atom stereocenters. The molecule has 0 saturated heterocycles. The van der Waals surface area contributed by atoms with E-state index >= 15 is 0 Å². The first-order chi connectivity index (χ1) is 11.2. The highest BCUT2D eigenvalue weighted by molar-refractivity contribution is 6.06. The van der Waals surface area contributed by atoms with Gasteiger partial charge in [0.05, 0.1) is 19.3 Å². The minimum atomic E-state index is -0.550. The highest BCUT2D eigenvalue weighted by Crippen LogP contribution is 2.28. The summed E-state index contributed by atoms with van der Waals surface area (Å²) in [4.78, 5) is 23.8. The zero-order valence-corrected chi connectivity index (χ0v) is 13.1. The lowest BCUT2D eigenvalue weighted by Crippen LogP contribution is -2.31. The normalized spacial score (nSPS) is 10.3. The molecule has 0 aliphatic heterocycles. The van der Waals surface area contributed by atoms with E-state index in [0.717, 1.165) is 10.8 Å². The number of benzene rings is 2. The molecule has 0 aliphatic carbocycles. The van der Waals surface area contributed by atoms with Gasteiger partial charge < -0.3 is 19.5 Å². The van der Waals surface area contributed by atoms with Crippen molar-refractivity contribution in [3.05, 3.63) is 42.0 Å². The standard InChI is InChI=1S/C17H19NO5/c1-21-10-9-18-16(19)11-23-17(20)14-7-8-15(22-2)13-6-4-3-5-12(13)14/h3-8H,9-11H2,1-2H3,(H,18,19). The number of esters is 1. The number of fused-ring (bicyclic) bond motifs is 1. The predicted molar refractivity (Wildman–Crippen MR) is 85.7 cm³/mol. The van der Waals surface area contributed by atoms with Gasteiger partial charge in [-0.2, -0.15) is 0 Å². The lowest BCUT2D eigenvalue weighted by molar-refractivity contribution is -0.124. The third-order valence-electron chi connectivity index (χ3n) is 3.29. The highest BCUT2D eigenvalue weighted by Gasteiger charge is 2.15. The van der Waals surface area contributed by atoms with Crippen molar-refractivity contribution in [2.24, 2.45) is 0 Å². The van der Waals surface area contributed by atoms with E-state index < -0.39 is 5.97 Å². The molecule has 0 aliphatic rings. The topological polar surface area (TPSA) is 73.9 Å². The van der Waals surface area contributed by atoms with Crippen molar-refractivity contribution >= 4 is 22.6 Å². The molecule has 0 spiro atoms. The Kier molecular flexibility index (Phi) is 5.94. The molecule has 0 aromatic heterocycles. The lowest BCUT2D eigenvalue weighted by Gasteiger charge is -2.10. The van der Waals surface area contributed by atoms with Crippen molar-refractivity contribution < 1.29 is 23.8 Å². The molecule has 23 heavy (non-hydrogen) atoms. The molecule has 122 valence electrons. The fourth-order valence-corrected chi connectivity index (χ4v) is 2.18. The van der Waals surface area contributed by atoms with Crippen LogP contribution in [0, 0.1) is 0 Å². The average Bonchev–Trinajstić information content (AvgIpc) is 2.59. The summed E-state index contributed by atoms with van der Waals surface area (Å²) in [6.07, 6.45) is 0. The van der Waals surface area contributed by atoms with E-state index in [1.807, 2.05) is 24.3 Å². The molecule has 0 unspecified atom stereocenters. The van der Waals surface area contributed by atoms with Gasteiger partial charge in [-0.3, -0.25) is 4.79 Å². The Morgan fingerprint density at radius 1 is 1.04 bits per heavy atom. The minimum Gasteiger partial charge on any atom is -0.496 e. The van der Waals surface area contributed by atoms with E-state index in [-0.39, 0.29) is 12.5 Å². The highest BCUT2D eigenvalue weighted by atomic mass is 16.5. The van der Waals surface area contributed by atoms with Crippen LogP contribution in [-0.4, -0.2) is 45.9 Å². The summed E-state index contributed by atoms with van der Waals surface area (Å²) in [5, 5.41) is 4.12. The fourth-order valence-electron chi connectivity index (χ4n) is 2.18. The van der Waals surface area contributed by atoms with Crippen molar-refractivity contribution in [3.8, 4) is 5.75 Å². The SMILES string of the molecule is COCCNC(=O)COC(=O)c1ccc(OC)c2ccccc12. The maximum absolute atomic E-state index is 12.2. The molecule has 6 nitrogen and oxygen atoms in total. The molecular weight excluding hydrogens is 298 g/mol. The first kappa shape index (κ1) is 16.8. The van der Waals surface area contributed by atoms with Gasteiger partial charge in [0.2, 0.25) is 0 Å². The Balaban J connectivity index is 2.08. The summed E-state index contributed by atoms with van der Waals surface area (Å²) < 4.78 is 15.2. The Morgan fingerprint density at radius 2 is 1.78 bits per heavy atom. The smallest absolute Gasteiger partial charge is 0.339 e. The Morgan fingerprint density at radius 3 is 2.48 bits per heavy atom. The van der Waals surface area contributed by atoms with Crippen LogP contribution in [0.2, 0.25) is 0 Å². The van der Waals surface area contributed by atoms with Crippen LogP contribution in [0.15, 0.2) is 36.4 Å². The molecule has 2 aromatic rings. The number of methoxy groups -OCH3 is 2. The third kappa shape index (κ3) is 4.20. The second-order valence-electron chi connectivity index (χ2n) is 4.78. The summed E-state index contributed by atoms with van der Waals surface area (Å²) >= 11 is 0. The van der Waals surface area contributed by atoms with E-state index in [9.17, 15) is 9.59 Å². The monoisotopic (exact) mass is 317 g/mol. The van der Waals surface area contributed by atoms with Crippen LogP contribution < -0.4 is 10.1 Å². The van der Waals surface area contributed by atoms with Gasteiger partial charge in [0, 0.05) is 19.0 Å². The van der Waals surface area contributed by atoms with E-state index in [2.05, 4.69) is 5.32 Å². The number of rotatable bonds is 7. The minimum absolute atomic E-state index is 0.330. The van der Waals surface area contributed by atoms with Crippen molar-refractivity contribution in [2.45, 2.75) is 0 Å². The summed E-state index contributed by atoms with van der Waals surface area (Å²) in [7, 11) is 3.12. The van der Waals surface area contributed by atoms with E-state index in [4.69, 9.17) is 14.2 Å². The Bertz CT molecular complexity index is 698. The molecule has 0 heterocycles. The molecule has 0 saturated carbocycles. The molecule has 0 fully saturated rings. The molecular formula is C17H19NO5. The average molecular weight is 317 g/mol. The Hall–Kier alpha value is -2.60. The van der Waals surface area contributed by atoms with Crippen LogP contribution in [0.1, 0.15) is 10.4 Å². The van der Waals surface area contributed by atoms with E-state index in [1.165, 1.54) is 0 Å². The Labute approximate surface area is 134 Å². The van der Waals surface area contributed by atoms with Crippen LogP contribution >= 0.6 is 0 Å². The number of ether oxygens (including phenoxy) is 3. The van der Waals surface area contributed by atoms with Crippen LogP contribution in [0.4, 0.5) is 0 Å². The van der Waals surface area contributed by atoms with Crippen molar-refractivity contribution in [1.29, 1.82) is 0 Å². The van der Waals surface area contributed by atoms with Gasteiger partial charge in [0.25, 0.3) is 5.91 Å².